The van der Waals surface area contributed by atoms with Gasteiger partial charge in [0.05, 0.1) is 12.4 Å². The highest BCUT2D eigenvalue weighted by molar-refractivity contribution is 5.92. The van der Waals surface area contributed by atoms with E-state index in [9.17, 15) is 4.79 Å². The van der Waals surface area contributed by atoms with Crippen molar-refractivity contribution in [2.75, 3.05) is 12.3 Å². The van der Waals surface area contributed by atoms with Gasteiger partial charge in [0.15, 0.2) is 0 Å². The zero-order valence-corrected chi connectivity index (χ0v) is 10.2. The van der Waals surface area contributed by atoms with Crippen molar-refractivity contribution < 1.29 is 4.79 Å². The molecule has 5 nitrogen and oxygen atoms in total. The quantitative estimate of drug-likeness (QED) is 0.821. The summed E-state index contributed by atoms with van der Waals surface area (Å²) in [6.45, 7) is 5.11. The maximum atomic E-state index is 11.8. The van der Waals surface area contributed by atoms with Crippen LogP contribution in [0.2, 0.25) is 0 Å². The molecule has 0 aliphatic heterocycles. The van der Waals surface area contributed by atoms with Crippen molar-refractivity contribution in [3.8, 4) is 0 Å². The van der Waals surface area contributed by atoms with Crippen LogP contribution in [0.5, 0.6) is 0 Å². The molecule has 0 saturated heterocycles. The molecule has 1 saturated carbocycles. The van der Waals surface area contributed by atoms with E-state index in [0.717, 1.165) is 6.54 Å². The van der Waals surface area contributed by atoms with Gasteiger partial charge >= 0.3 is 0 Å². The lowest BCUT2D eigenvalue weighted by atomic mass is 9.92. The van der Waals surface area contributed by atoms with Crippen LogP contribution in [0, 0.1) is 11.3 Å². The molecular formula is C12H18N4O. The molecule has 1 aromatic heterocycles. The zero-order valence-electron chi connectivity index (χ0n) is 10.2. The Kier molecular flexibility index (Phi) is 3.00. The average molecular weight is 234 g/mol. The molecule has 17 heavy (non-hydrogen) atoms. The molecule has 0 bridgehead atoms. The summed E-state index contributed by atoms with van der Waals surface area (Å²) in [6, 6.07) is 0. The number of nitrogens with two attached hydrogens (primary N) is 1. The van der Waals surface area contributed by atoms with Gasteiger partial charge in [-0.05, 0) is 24.2 Å². The van der Waals surface area contributed by atoms with E-state index in [1.165, 1.54) is 25.2 Å². The van der Waals surface area contributed by atoms with E-state index in [-0.39, 0.29) is 5.91 Å². The monoisotopic (exact) mass is 234 g/mol. The highest BCUT2D eigenvalue weighted by Gasteiger charge is 2.45. The molecule has 0 aromatic carbocycles. The Morgan fingerprint density at radius 1 is 1.47 bits per heavy atom. The number of amides is 1. The second-order valence-electron chi connectivity index (χ2n) is 5.03. The van der Waals surface area contributed by atoms with Crippen LogP contribution in [0.25, 0.3) is 0 Å². The van der Waals surface area contributed by atoms with Gasteiger partial charge < -0.3 is 11.1 Å². The number of nitrogen functional groups attached to an aromatic ring is 1. The molecule has 92 valence electrons. The van der Waals surface area contributed by atoms with E-state index < -0.39 is 0 Å². The molecule has 1 fully saturated rings. The normalized spacial score (nSPS) is 16.9. The van der Waals surface area contributed by atoms with Gasteiger partial charge in [-0.15, -0.1) is 0 Å². The number of hydrogen-bond acceptors (Lipinski definition) is 4. The smallest absolute Gasteiger partial charge is 0.271 e. The van der Waals surface area contributed by atoms with E-state index >= 15 is 0 Å². The van der Waals surface area contributed by atoms with Crippen molar-refractivity contribution >= 4 is 11.7 Å². The van der Waals surface area contributed by atoms with Gasteiger partial charge in [0.2, 0.25) is 0 Å². The Labute approximate surface area is 101 Å². The van der Waals surface area contributed by atoms with Crippen LogP contribution < -0.4 is 11.1 Å². The van der Waals surface area contributed by atoms with E-state index in [4.69, 9.17) is 5.73 Å². The molecule has 1 aliphatic carbocycles. The van der Waals surface area contributed by atoms with Crippen molar-refractivity contribution in [1.29, 1.82) is 0 Å². The third kappa shape index (κ3) is 2.54. The molecule has 5 heteroatoms. The zero-order chi connectivity index (χ0) is 12.5. The summed E-state index contributed by atoms with van der Waals surface area (Å²) in [7, 11) is 0. The average Bonchev–Trinajstić information content (AvgIpc) is 3.08. The molecule has 1 aliphatic rings. The van der Waals surface area contributed by atoms with Crippen molar-refractivity contribution in [2.45, 2.75) is 26.7 Å². The lowest BCUT2D eigenvalue weighted by Crippen LogP contribution is -2.33. The number of rotatable bonds is 4. The Bertz CT molecular complexity index is 409. The number of carbonyl (C=O) groups is 1. The Balaban J connectivity index is 1.92. The first kappa shape index (κ1) is 11.8. The van der Waals surface area contributed by atoms with Crippen LogP contribution in [-0.4, -0.2) is 22.4 Å². The number of carbonyl (C=O) groups excluding carboxylic acids is 1. The van der Waals surface area contributed by atoms with Crippen molar-refractivity contribution in [3.05, 3.63) is 18.1 Å². The first-order chi connectivity index (χ1) is 8.03. The van der Waals surface area contributed by atoms with E-state index in [1.807, 2.05) is 0 Å². The first-order valence-electron chi connectivity index (χ1n) is 5.89. The molecule has 1 amide bonds. The molecule has 0 unspecified atom stereocenters. The fraction of sp³-hybridized carbons (Fsp3) is 0.583. The van der Waals surface area contributed by atoms with Crippen molar-refractivity contribution in [3.63, 3.8) is 0 Å². The number of nitrogens with one attached hydrogen (secondary N) is 1. The summed E-state index contributed by atoms with van der Waals surface area (Å²) in [4.78, 5) is 19.6. The predicted octanol–water partition coefficient (Wildman–Crippen LogP) is 1.22. The molecular weight excluding hydrogens is 216 g/mol. The summed E-state index contributed by atoms with van der Waals surface area (Å²) < 4.78 is 0. The molecule has 0 radical (unpaired) electrons. The Morgan fingerprint density at radius 2 is 2.18 bits per heavy atom. The standard InChI is InChI=1S/C12H18N4O/c1-8(2)12(3-4-12)7-16-11(17)9-5-15-10(13)6-14-9/h5-6,8H,3-4,7H2,1-2H3,(H2,13,15)(H,16,17). The third-order valence-corrected chi connectivity index (χ3v) is 3.62. The minimum absolute atomic E-state index is 0.176. The summed E-state index contributed by atoms with van der Waals surface area (Å²) in [5.74, 6) is 0.743. The van der Waals surface area contributed by atoms with Gasteiger partial charge in [-0.3, -0.25) is 4.79 Å². The van der Waals surface area contributed by atoms with Crippen molar-refractivity contribution in [1.82, 2.24) is 15.3 Å². The van der Waals surface area contributed by atoms with Crippen molar-refractivity contribution in [2.24, 2.45) is 11.3 Å². The highest BCUT2D eigenvalue weighted by Crippen LogP contribution is 2.51. The van der Waals surface area contributed by atoms with Crippen LogP contribution in [0.15, 0.2) is 12.4 Å². The molecule has 0 spiro atoms. The maximum Gasteiger partial charge on any atom is 0.271 e. The summed E-state index contributed by atoms with van der Waals surface area (Å²) >= 11 is 0. The van der Waals surface area contributed by atoms with Crippen LogP contribution >= 0.6 is 0 Å². The number of hydrogen-bond donors (Lipinski definition) is 2. The van der Waals surface area contributed by atoms with Gasteiger partial charge in [0.1, 0.15) is 11.5 Å². The third-order valence-electron chi connectivity index (χ3n) is 3.62. The summed E-state index contributed by atoms with van der Waals surface area (Å²) in [5.41, 5.74) is 6.04. The summed E-state index contributed by atoms with van der Waals surface area (Å²) in [5, 5.41) is 2.92. The van der Waals surface area contributed by atoms with Crippen LogP contribution in [0.3, 0.4) is 0 Å². The Morgan fingerprint density at radius 3 is 2.65 bits per heavy atom. The van der Waals surface area contributed by atoms with E-state index in [1.54, 1.807) is 0 Å². The number of nitrogens with zero attached hydrogens (tertiary/aromatic N) is 2. The lowest BCUT2D eigenvalue weighted by molar-refractivity contribution is 0.0934. The van der Waals surface area contributed by atoms with E-state index in [0.29, 0.717) is 22.8 Å². The first-order valence-corrected chi connectivity index (χ1v) is 5.89. The molecule has 3 N–H and O–H groups in total. The minimum atomic E-state index is -0.176. The number of anilines is 1. The second kappa shape index (κ2) is 4.31. The topological polar surface area (TPSA) is 80.9 Å². The van der Waals surface area contributed by atoms with Gasteiger partial charge in [-0.2, -0.15) is 0 Å². The minimum Gasteiger partial charge on any atom is -0.382 e. The molecule has 2 rings (SSSR count). The van der Waals surface area contributed by atoms with Crippen LogP contribution in [0.1, 0.15) is 37.2 Å². The number of aromatic nitrogens is 2. The van der Waals surface area contributed by atoms with Gasteiger partial charge in [0, 0.05) is 6.54 Å². The second-order valence-corrected chi connectivity index (χ2v) is 5.03. The lowest BCUT2D eigenvalue weighted by Gasteiger charge is -2.19. The van der Waals surface area contributed by atoms with Gasteiger partial charge in [-0.1, -0.05) is 13.8 Å². The van der Waals surface area contributed by atoms with Gasteiger partial charge in [0.25, 0.3) is 5.91 Å². The fourth-order valence-corrected chi connectivity index (χ4v) is 1.92. The molecule has 0 atom stereocenters. The summed E-state index contributed by atoms with van der Waals surface area (Å²) in [6.07, 6.45) is 5.18. The SMILES string of the molecule is CC(C)C1(CNC(=O)c2cnc(N)cn2)CC1. The molecule has 1 heterocycles. The predicted molar refractivity (Wildman–Crippen MR) is 65.3 cm³/mol. The largest absolute Gasteiger partial charge is 0.382 e. The maximum absolute atomic E-state index is 11.8. The molecule has 1 aromatic rings. The highest BCUT2D eigenvalue weighted by atomic mass is 16.1. The van der Waals surface area contributed by atoms with Gasteiger partial charge in [-0.25, -0.2) is 9.97 Å². The Hall–Kier alpha value is -1.65. The van der Waals surface area contributed by atoms with E-state index in [2.05, 4.69) is 29.1 Å². The fourth-order valence-electron chi connectivity index (χ4n) is 1.92. The van der Waals surface area contributed by atoms with Crippen LogP contribution in [-0.2, 0) is 0 Å². The van der Waals surface area contributed by atoms with Crippen LogP contribution in [0.4, 0.5) is 5.82 Å².